The first-order valence-corrected chi connectivity index (χ1v) is 6.63. The fraction of sp³-hybridized carbons (Fsp3) is 0.125. The van der Waals surface area contributed by atoms with E-state index >= 15 is 0 Å². The molecule has 0 unspecified atom stereocenters. The second-order valence-electron chi connectivity index (χ2n) is 4.95. The van der Waals surface area contributed by atoms with E-state index < -0.39 is 5.91 Å². The number of hydrogen-bond donors (Lipinski definition) is 2. The van der Waals surface area contributed by atoms with E-state index in [2.05, 4.69) is 22.5 Å². The van der Waals surface area contributed by atoms with Crippen LogP contribution in [0.2, 0.25) is 0 Å². The lowest BCUT2D eigenvalue weighted by atomic mass is 10.1. The molecule has 2 N–H and O–H groups in total. The zero-order chi connectivity index (χ0) is 14.8. The standard InChI is InChI=1S/C16H15N3O2/c1-11-6-8-17-15-14(11)7-9-19(15)10-12-2-4-13(5-3-12)16(20)18-21/h2-9,21H,10H2,1H3,(H,18,20). The highest BCUT2D eigenvalue weighted by Gasteiger charge is 2.06. The lowest BCUT2D eigenvalue weighted by molar-refractivity contribution is 0.0706. The van der Waals surface area contributed by atoms with E-state index in [1.165, 1.54) is 5.56 Å². The molecule has 2 heterocycles. The molecule has 0 spiro atoms. The van der Waals surface area contributed by atoms with E-state index in [0.717, 1.165) is 16.6 Å². The molecular formula is C16H15N3O2. The molecule has 3 rings (SSSR count). The van der Waals surface area contributed by atoms with E-state index in [-0.39, 0.29) is 0 Å². The van der Waals surface area contributed by atoms with Crippen molar-refractivity contribution in [3.05, 3.63) is 65.5 Å². The largest absolute Gasteiger partial charge is 0.328 e. The van der Waals surface area contributed by atoms with Crippen molar-refractivity contribution in [3.63, 3.8) is 0 Å². The van der Waals surface area contributed by atoms with Crippen LogP contribution in [0.4, 0.5) is 0 Å². The number of nitrogens with one attached hydrogen (secondary N) is 1. The molecule has 0 saturated carbocycles. The highest BCUT2D eigenvalue weighted by molar-refractivity contribution is 5.93. The van der Waals surface area contributed by atoms with Crippen LogP contribution in [0.5, 0.6) is 0 Å². The van der Waals surface area contributed by atoms with Crippen molar-refractivity contribution in [2.24, 2.45) is 0 Å². The molecule has 1 aromatic carbocycles. The van der Waals surface area contributed by atoms with Crippen molar-refractivity contribution in [2.45, 2.75) is 13.5 Å². The molecule has 5 heteroatoms. The molecule has 1 amide bonds. The zero-order valence-electron chi connectivity index (χ0n) is 11.6. The number of fused-ring (bicyclic) bond motifs is 1. The fourth-order valence-corrected chi connectivity index (χ4v) is 2.38. The molecule has 0 aliphatic rings. The van der Waals surface area contributed by atoms with Crippen LogP contribution in [-0.2, 0) is 6.54 Å². The lowest BCUT2D eigenvalue weighted by Gasteiger charge is -2.06. The smallest absolute Gasteiger partial charge is 0.274 e. The van der Waals surface area contributed by atoms with Gasteiger partial charge in [-0.2, -0.15) is 0 Å². The van der Waals surface area contributed by atoms with Gasteiger partial charge in [-0.15, -0.1) is 0 Å². The van der Waals surface area contributed by atoms with Crippen molar-refractivity contribution in [3.8, 4) is 0 Å². The summed E-state index contributed by atoms with van der Waals surface area (Å²) in [5.74, 6) is -0.509. The number of aryl methyl sites for hydroxylation is 1. The Balaban J connectivity index is 1.88. The second-order valence-corrected chi connectivity index (χ2v) is 4.95. The summed E-state index contributed by atoms with van der Waals surface area (Å²) in [5.41, 5.74) is 5.26. The number of pyridine rings is 1. The van der Waals surface area contributed by atoms with Crippen molar-refractivity contribution in [1.29, 1.82) is 0 Å². The van der Waals surface area contributed by atoms with Gasteiger partial charge in [0.15, 0.2) is 0 Å². The van der Waals surface area contributed by atoms with Gasteiger partial charge in [0, 0.05) is 29.9 Å². The van der Waals surface area contributed by atoms with E-state index in [4.69, 9.17) is 5.21 Å². The Kier molecular flexibility index (Phi) is 3.41. The molecule has 0 bridgehead atoms. The van der Waals surface area contributed by atoms with Gasteiger partial charge in [0.05, 0.1) is 0 Å². The van der Waals surface area contributed by atoms with Gasteiger partial charge in [-0.3, -0.25) is 10.0 Å². The van der Waals surface area contributed by atoms with Gasteiger partial charge in [0.25, 0.3) is 5.91 Å². The van der Waals surface area contributed by atoms with Gasteiger partial charge < -0.3 is 4.57 Å². The van der Waals surface area contributed by atoms with Gasteiger partial charge >= 0.3 is 0 Å². The molecule has 0 saturated heterocycles. The van der Waals surface area contributed by atoms with Crippen LogP contribution < -0.4 is 5.48 Å². The summed E-state index contributed by atoms with van der Waals surface area (Å²) in [7, 11) is 0. The normalized spacial score (nSPS) is 10.8. The third kappa shape index (κ3) is 2.51. The van der Waals surface area contributed by atoms with Crippen LogP contribution in [0.3, 0.4) is 0 Å². The number of benzene rings is 1. The van der Waals surface area contributed by atoms with E-state index in [1.54, 1.807) is 17.6 Å². The van der Waals surface area contributed by atoms with Gasteiger partial charge in [-0.25, -0.2) is 10.5 Å². The number of rotatable bonds is 3. The molecule has 2 aromatic heterocycles. The third-order valence-electron chi connectivity index (χ3n) is 3.55. The Labute approximate surface area is 121 Å². The SMILES string of the molecule is Cc1ccnc2c1ccn2Cc1ccc(C(=O)NO)cc1. The average molecular weight is 281 g/mol. The number of hydroxylamine groups is 1. The van der Waals surface area contributed by atoms with Crippen molar-refractivity contribution >= 4 is 16.9 Å². The number of carbonyl (C=O) groups is 1. The van der Waals surface area contributed by atoms with Crippen LogP contribution in [0.15, 0.2) is 48.8 Å². The average Bonchev–Trinajstić information content (AvgIpc) is 2.92. The van der Waals surface area contributed by atoms with Crippen LogP contribution in [0, 0.1) is 6.92 Å². The summed E-state index contributed by atoms with van der Waals surface area (Å²) >= 11 is 0. The minimum atomic E-state index is -0.509. The molecule has 0 radical (unpaired) electrons. The molecule has 106 valence electrons. The maximum atomic E-state index is 11.3. The fourth-order valence-electron chi connectivity index (χ4n) is 2.38. The Hall–Kier alpha value is -2.66. The monoisotopic (exact) mass is 281 g/mol. The number of nitrogens with zero attached hydrogens (tertiary/aromatic N) is 2. The lowest BCUT2D eigenvalue weighted by Crippen LogP contribution is -2.18. The summed E-state index contributed by atoms with van der Waals surface area (Å²) in [6, 6.07) is 11.2. The van der Waals surface area contributed by atoms with Gasteiger partial charge in [0.2, 0.25) is 0 Å². The highest BCUT2D eigenvalue weighted by atomic mass is 16.5. The summed E-state index contributed by atoms with van der Waals surface area (Å²) < 4.78 is 2.07. The molecular weight excluding hydrogens is 266 g/mol. The summed E-state index contributed by atoms with van der Waals surface area (Å²) in [5, 5.41) is 9.74. The minimum Gasteiger partial charge on any atom is -0.328 e. The van der Waals surface area contributed by atoms with Crippen molar-refractivity contribution in [1.82, 2.24) is 15.0 Å². The van der Waals surface area contributed by atoms with Gasteiger partial charge in [-0.05, 0) is 42.3 Å². The molecule has 21 heavy (non-hydrogen) atoms. The first-order chi connectivity index (χ1) is 10.2. The van der Waals surface area contributed by atoms with Gasteiger partial charge in [0.1, 0.15) is 5.65 Å². The number of amides is 1. The molecule has 0 aliphatic heterocycles. The Morgan fingerprint density at radius 1 is 1.24 bits per heavy atom. The maximum absolute atomic E-state index is 11.3. The molecule has 0 atom stereocenters. The topological polar surface area (TPSA) is 67.2 Å². The Morgan fingerprint density at radius 2 is 2.00 bits per heavy atom. The first kappa shape index (κ1) is 13.3. The maximum Gasteiger partial charge on any atom is 0.274 e. The summed E-state index contributed by atoms with van der Waals surface area (Å²) in [6.45, 7) is 2.75. The first-order valence-electron chi connectivity index (χ1n) is 6.63. The van der Waals surface area contributed by atoms with Crippen LogP contribution in [0.1, 0.15) is 21.5 Å². The molecule has 0 fully saturated rings. The second kappa shape index (κ2) is 5.38. The van der Waals surface area contributed by atoms with E-state index in [0.29, 0.717) is 12.1 Å². The predicted octanol–water partition coefficient (Wildman–Crippen LogP) is 2.51. The molecule has 0 aliphatic carbocycles. The van der Waals surface area contributed by atoms with Crippen LogP contribution in [-0.4, -0.2) is 20.7 Å². The molecule has 5 nitrogen and oxygen atoms in total. The number of aromatic nitrogens is 2. The minimum absolute atomic E-state index is 0.424. The number of hydrogen-bond acceptors (Lipinski definition) is 3. The zero-order valence-corrected chi connectivity index (χ0v) is 11.6. The Morgan fingerprint density at radius 3 is 2.71 bits per heavy atom. The van der Waals surface area contributed by atoms with E-state index in [1.807, 2.05) is 30.6 Å². The highest BCUT2D eigenvalue weighted by Crippen LogP contribution is 2.18. The van der Waals surface area contributed by atoms with Gasteiger partial charge in [-0.1, -0.05) is 12.1 Å². The van der Waals surface area contributed by atoms with Crippen LogP contribution in [0.25, 0.3) is 11.0 Å². The third-order valence-corrected chi connectivity index (χ3v) is 3.55. The van der Waals surface area contributed by atoms with E-state index in [9.17, 15) is 4.79 Å². The number of carbonyl (C=O) groups excluding carboxylic acids is 1. The molecule has 3 aromatic rings. The quantitative estimate of drug-likeness (QED) is 0.572. The Bertz CT molecular complexity index is 791. The van der Waals surface area contributed by atoms with Crippen molar-refractivity contribution in [2.75, 3.05) is 0 Å². The summed E-state index contributed by atoms with van der Waals surface area (Å²) in [4.78, 5) is 15.7. The summed E-state index contributed by atoms with van der Waals surface area (Å²) in [6.07, 6.45) is 3.82. The van der Waals surface area contributed by atoms with Crippen LogP contribution >= 0.6 is 0 Å². The predicted molar refractivity (Wildman–Crippen MR) is 79.3 cm³/mol. The van der Waals surface area contributed by atoms with Crippen molar-refractivity contribution < 1.29 is 10.0 Å².